The normalized spacial score (nSPS) is 10.4. The Balaban J connectivity index is 2.01. The van der Waals surface area contributed by atoms with Crippen molar-refractivity contribution >= 4 is 5.69 Å². The topological polar surface area (TPSA) is 70.2 Å². The summed E-state index contributed by atoms with van der Waals surface area (Å²) >= 11 is 0. The van der Waals surface area contributed by atoms with Crippen LogP contribution in [-0.2, 0) is 6.54 Å². The molecule has 1 aromatic heterocycles. The van der Waals surface area contributed by atoms with Gasteiger partial charge in [-0.1, -0.05) is 18.2 Å². The van der Waals surface area contributed by atoms with Gasteiger partial charge in [-0.2, -0.15) is 5.10 Å². The van der Waals surface area contributed by atoms with Gasteiger partial charge in [0.05, 0.1) is 11.5 Å². The highest BCUT2D eigenvalue weighted by molar-refractivity contribution is 5.39. The van der Waals surface area contributed by atoms with E-state index in [0.29, 0.717) is 24.5 Å². The lowest BCUT2D eigenvalue weighted by Gasteiger charge is -2.06. The summed E-state index contributed by atoms with van der Waals surface area (Å²) in [6, 6.07) is 9.43. The number of hydrogen-bond donors (Lipinski definition) is 0. The minimum Gasteiger partial charge on any atom is -0.492 e. The maximum atomic E-state index is 10.9. The molecule has 0 spiro atoms. The molecule has 1 aromatic carbocycles. The predicted molar refractivity (Wildman–Crippen MR) is 70.3 cm³/mol. The van der Waals surface area contributed by atoms with Crippen molar-refractivity contribution in [2.75, 3.05) is 6.61 Å². The fourth-order valence-corrected chi connectivity index (χ4v) is 1.94. The Hall–Kier alpha value is -2.37. The summed E-state index contributed by atoms with van der Waals surface area (Å²) in [6.07, 6.45) is 0. The lowest BCUT2D eigenvalue weighted by Crippen LogP contribution is -2.11. The third-order valence-electron chi connectivity index (χ3n) is 2.84. The molecule has 0 aliphatic rings. The van der Waals surface area contributed by atoms with Gasteiger partial charge < -0.3 is 4.74 Å². The van der Waals surface area contributed by atoms with Crippen molar-refractivity contribution in [3.8, 4) is 5.75 Å². The summed E-state index contributed by atoms with van der Waals surface area (Å²) in [7, 11) is 0. The number of ether oxygens (including phenoxy) is 1. The molecule has 0 amide bonds. The molecule has 6 nitrogen and oxygen atoms in total. The molecule has 2 aromatic rings. The summed E-state index contributed by atoms with van der Waals surface area (Å²) in [5.74, 6) is 0.776. The highest BCUT2D eigenvalue weighted by atomic mass is 16.6. The molecule has 6 heteroatoms. The Kier molecular flexibility index (Phi) is 3.79. The number of rotatable bonds is 5. The molecule has 0 aliphatic heterocycles. The first-order valence-electron chi connectivity index (χ1n) is 5.96. The second kappa shape index (κ2) is 5.51. The van der Waals surface area contributed by atoms with Crippen molar-refractivity contribution in [3.05, 3.63) is 51.8 Å². The molecule has 0 aliphatic carbocycles. The van der Waals surface area contributed by atoms with Crippen LogP contribution in [0, 0.1) is 24.0 Å². The zero-order chi connectivity index (χ0) is 13.8. The van der Waals surface area contributed by atoms with Crippen LogP contribution in [0.15, 0.2) is 30.3 Å². The predicted octanol–water partition coefficient (Wildman–Crippen LogP) is 2.49. The van der Waals surface area contributed by atoms with E-state index < -0.39 is 4.92 Å². The van der Waals surface area contributed by atoms with E-state index >= 15 is 0 Å². The van der Waals surface area contributed by atoms with Crippen LogP contribution in [-0.4, -0.2) is 21.3 Å². The number of nitrogens with zero attached hydrogens (tertiary/aromatic N) is 3. The van der Waals surface area contributed by atoms with E-state index in [9.17, 15) is 10.1 Å². The Morgan fingerprint density at radius 3 is 2.58 bits per heavy atom. The molecule has 100 valence electrons. The van der Waals surface area contributed by atoms with Crippen molar-refractivity contribution in [2.45, 2.75) is 20.4 Å². The lowest BCUT2D eigenvalue weighted by molar-refractivity contribution is -0.386. The maximum absolute atomic E-state index is 10.9. The summed E-state index contributed by atoms with van der Waals surface area (Å²) in [6.45, 7) is 4.23. The summed E-state index contributed by atoms with van der Waals surface area (Å²) in [5, 5.41) is 15.0. The van der Waals surface area contributed by atoms with E-state index in [1.807, 2.05) is 30.3 Å². The SMILES string of the molecule is Cc1nn(CCOc2ccccc2)c(C)c1[N+](=O)[O-]. The number of aromatic nitrogens is 2. The second-order valence-electron chi connectivity index (χ2n) is 4.16. The molecule has 1 heterocycles. The van der Waals surface area contributed by atoms with Gasteiger partial charge in [-0.15, -0.1) is 0 Å². The second-order valence-corrected chi connectivity index (χ2v) is 4.16. The van der Waals surface area contributed by atoms with Crippen LogP contribution < -0.4 is 4.74 Å². The first-order valence-corrected chi connectivity index (χ1v) is 5.96. The van der Waals surface area contributed by atoms with Crippen LogP contribution >= 0.6 is 0 Å². The van der Waals surface area contributed by atoms with Crippen LogP contribution in [0.4, 0.5) is 5.69 Å². The van der Waals surface area contributed by atoms with Gasteiger partial charge in [0.1, 0.15) is 23.7 Å². The summed E-state index contributed by atoms with van der Waals surface area (Å²) in [5.41, 5.74) is 1.07. The minimum absolute atomic E-state index is 0.0831. The Bertz CT molecular complexity index is 578. The molecule has 2 rings (SSSR count). The van der Waals surface area contributed by atoms with Gasteiger partial charge in [0, 0.05) is 0 Å². The molecular weight excluding hydrogens is 246 g/mol. The van der Waals surface area contributed by atoms with Gasteiger partial charge in [-0.05, 0) is 26.0 Å². The van der Waals surface area contributed by atoms with Gasteiger partial charge in [0.15, 0.2) is 0 Å². The molecule has 0 saturated heterocycles. The number of nitro groups is 1. The standard InChI is InChI=1S/C13H15N3O3/c1-10-13(16(17)18)11(2)15(14-10)8-9-19-12-6-4-3-5-7-12/h3-7H,8-9H2,1-2H3. The lowest BCUT2D eigenvalue weighted by atomic mass is 10.3. The van der Waals surface area contributed by atoms with Crippen LogP contribution in [0.3, 0.4) is 0 Å². The van der Waals surface area contributed by atoms with Crippen molar-refractivity contribution in [1.29, 1.82) is 0 Å². The van der Waals surface area contributed by atoms with E-state index in [2.05, 4.69) is 5.10 Å². The Labute approximate surface area is 110 Å². The molecule has 0 N–H and O–H groups in total. The van der Waals surface area contributed by atoms with Crippen molar-refractivity contribution in [1.82, 2.24) is 9.78 Å². The monoisotopic (exact) mass is 261 g/mol. The third-order valence-corrected chi connectivity index (χ3v) is 2.84. The maximum Gasteiger partial charge on any atom is 0.312 e. The molecule has 0 saturated carbocycles. The Morgan fingerprint density at radius 1 is 1.32 bits per heavy atom. The third kappa shape index (κ3) is 2.90. The highest BCUT2D eigenvalue weighted by Crippen LogP contribution is 2.21. The molecule has 0 bridgehead atoms. The van der Waals surface area contributed by atoms with Crippen LogP contribution in [0.5, 0.6) is 5.75 Å². The van der Waals surface area contributed by atoms with E-state index in [4.69, 9.17) is 4.74 Å². The largest absolute Gasteiger partial charge is 0.492 e. The molecule has 19 heavy (non-hydrogen) atoms. The average molecular weight is 261 g/mol. The average Bonchev–Trinajstić information content (AvgIpc) is 2.66. The first kappa shape index (κ1) is 13.1. The number of benzene rings is 1. The molecular formula is C13H15N3O3. The smallest absolute Gasteiger partial charge is 0.312 e. The zero-order valence-corrected chi connectivity index (χ0v) is 10.9. The first-order chi connectivity index (χ1) is 9.09. The van der Waals surface area contributed by atoms with Gasteiger partial charge >= 0.3 is 5.69 Å². The van der Waals surface area contributed by atoms with Crippen LogP contribution in [0.2, 0.25) is 0 Å². The summed E-state index contributed by atoms with van der Waals surface area (Å²) in [4.78, 5) is 10.5. The molecule has 0 fully saturated rings. The van der Waals surface area contributed by atoms with Gasteiger partial charge in [-0.25, -0.2) is 0 Å². The molecule has 0 unspecified atom stereocenters. The Morgan fingerprint density at radius 2 is 2.00 bits per heavy atom. The number of hydrogen-bond acceptors (Lipinski definition) is 4. The zero-order valence-electron chi connectivity index (χ0n) is 10.9. The van der Waals surface area contributed by atoms with Gasteiger partial charge in [0.2, 0.25) is 0 Å². The van der Waals surface area contributed by atoms with E-state index in [1.165, 1.54) is 0 Å². The van der Waals surface area contributed by atoms with Crippen molar-refractivity contribution < 1.29 is 9.66 Å². The van der Waals surface area contributed by atoms with Gasteiger partial charge in [0.25, 0.3) is 0 Å². The van der Waals surface area contributed by atoms with Gasteiger partial charge in [-0.3, -0.25) is 14.8 Å². The fraction of sp³-hybridized carbons (Fsp3) is 0.308. The number of aryl methyl sites for hydroxylation is 1. The van der Waals surface area contributed by atoms with Crippen LogP contribution in [0.25, 0.3) is 0 Å². The van der Waals surface area contributed by atoms with E-state index in [-0.39, 0.29) is 5.69 Å². The summed E-state index contributed by atoms with van der Waals surface area (Å²) < 4.78 is 7.15. The van der Waals surface area contributed by atoms with Crippen molar-refractivity contribution in [2.24, 2.45) is 0 Å². The van der Waals surface area contributed by atoms with Crippen LogP contribution in [0.1, 0.15) is 11.4 Å². The quantitative estimate of drug-likeness (QED) is 0.612. The highest BCUT2D eigenvalue weighted by Gasteiger charge is 2.21. The molecule has 0 radical (unpaired) electrons. The minimum atomic E-state index is -0.397. The molecule has 0 atom stereocenters. The fourth-order valence-electron chi connectivity index (χ4n) is 1.94. The van der Waals surface area contributed by atoms with E-state index in [1.54, 1.807) is 18.5 Å². The van der Waals surface area contributed by atoms with Crippen molar-refractivity contribution in [3.63, 3.8) is 0 Å². The van der Waals surface area contributed by atoms with E-state index in [0.717, 1.165) is 5.75 Å². The number of para-hydroxylation sites is 1.